The first-order valence-electron chi connectivity index (χ1n) is 4.48. The van der Waals surface area contributed by atoms with Crippen LogP contribution in [0, 0.1) is 0 Å². The lowest BCUT2D eigenvalue weighted by atomic mass is 10.2. The Balaban J connectivity index is 2.27. The second-order valence-electron chi connectivity index (χ2n) is 3.16. The molecule has 3 heterocycles. The van der Waals surface area contributed by atoms with E-state index < -0.39 is 0 Å². The van der Waals surface area contributed by atoms with Gasteiger partial charge < -0.3 is 5.73 Å². The van der Waals surface area contributed by atoms with Crippen LogP contribution in [0.2, 0.25) is 0 Å². The summed E-state index contributed by atoms with van der Waals surface area (Å²) in [6.45, 7) is 0. The smallest absolute Gasteiger partial charge is 0.180 e. The topological polar surface area (TPSA) is 56.2 Å². The molecule has 0 aromatic carbocycles. The fraction of sp³-hybridized carbons (Fsp3) is 0. The number of hydrogen-bond donors (Lipinski definition) is 1. The fourth-order valence-electron chi connectivity index (χ4n) is 1.54. The molecule has 4 nitrogen and oxygen atoms in total. The molecule has 3 aromatic rings. The summed E-state index contributed by atoms with van der Waals surface area (Å²) in [4.78, 5) is 4.25. The minimum absolute atomic E-state index is 0.584. The Morgan fingerprint density at radius 3 is 3.07 bits per heavy atom. The fourth-order valence-corrected chi connectivity index (χ4v) is 2.11. The lowest BCUT2D eigenvalue weighted by molar-refractivity contribution is 0.961. The van der Waals surface area contributed by atoms with Gasteiger partial charge in [-0.1, -0.05) is 6.07 Å². The van der Waals surface area contributed by atoms with E-state index in [1.54, 1.807) is 0 Å². The molecule has 3 rings (SSSR count). The Kier molecular flexibility index (Phi) is 1.72. The summed E-state index contributed by atoms with van der Waals surface area (Å²) in [6.07, 6.45) is 3.72. The standard InChI is InChI=1S/C10H8N4S/c11-10-13-8(6-15-10)7-5-12-14-4-2-1-3-9(7)14/h1-6H,(H2,11,13). The van der Waals surface area contributed by atoms with Crippen LogP contribution in [0.5, 0.6) is 0 Å². The van der Waals surface area contributed by atoms with Crippen molar-refractivity contribution in [2.45, 2.75) is 0 Å². The molecule has 0 bridgehead atoms. The van der Waals surface area contributed by atoms with E-state index in [9.17, 15) is 0 Å². The van der Waals surface area contributed by atoms with Crippen LogP contribution in [0.25, 0.3) is 16.8 Å². The first-order valence-corrected chi connectivity index (χ1v) is 5.36. The molecular formula is C10H8N4S. The maximum Gasteiger partial charge on any atom is 0.180 e. The third-order valence-corrected chi connectivity index (χ3v) is 2.90. The van der Waals surface area contributed by atoms with Crippen molar-refractivity contribution in [3.63, 3.8) is 0 Å². The Hall–Kier alpha value is -1.88. The van der Waals surface area contributed by atoms with E-state index in [1.165, 1.54) is 11.3 Å². The van der Waals surface area contributed by atoms with E-state index >= 15 is 0 Å². The Labute approximate surface area is 90.0 Å². The van der Waals surface area contributed by atoms with Crippen LogP contribution in [0.15, 0.2) is 36.0 Å². The van der Waals surface area contributed by atoms with Gasteiger partial charge in [0.1, 0.15) is 0 Å². The maximum atomic E-state index is 5.61. The minimum Gasteiger partial charge on any atom is -0.375 e. The number of anilines is 1. The number of fused-ring (bicyclic) bond motifs is 1. The number of nitrogens with two attached hydrogens (primary N) is 1. The zero-order chi connectivity index (χ0) is 10.3. The van der Waals surface area contributed by atoms with E-state index in [4.69, 9.17) is 5.73 Å². The van der Waals surface area contributed by atoms with E-state index in [0.717, 1.165) is 16.8 Å². The number of aromatic nitrogens is 3. The van der Waals surface area contributed by atoms with Crippen molar-refractivity contribution >= 4 is 22.0 Å². The van der Waals surface area contributed by atoms with Crippen molar-refractivity contribution in [2.24, 2.45) is 0 Å². The molecule has 0 spiro atoms. The van der Waals surface area contributed by atoms with Crippen molar-refractivity contribution in [1.82, 2.24) is 14.6 Å². The van der Waals surface area contributed by atoms with Crippen molar-refractivity contribution < 1.29 is 0 Å². The van der Waals surface area contributed by atoms with Gasteiger partial charge in [-0.2, -0.15) is 5.10 Å². The lowest BCUT2D eigenvalue weighted by Gasteiger charge is -1.93. The molecule has 0 fully saturated rings. The highest BCUT2D eigenvalue weighted by Crippen LogP contribution is 2.26. The molecule has 0 unspecified atom stereocenters. The van der Waals surface area contributed by atoms with Gasteiger partial charge in [0.2, 0.25) is 0 Å². The second kappa shape index (κ2) is 3.06. The van der Waals surface area contributed by atoms with Gasteiger partial charge in [-0.25, -0.2) is 9.50 Å². The predicted octanol–water partition coefficient (Wildman–Crippen LogP) is 2.04. The second-order valence-corrected chi connectivity index (χ2v) is 4.05. The average molecular weight is 216 g/mol. The average Bonchev–Trinajstić information content (AvgIpc) is 2.83. The van der Waals surface area contributed by atoms with Crippen LogP contribution in [-0.4, -0.2) is 14.6 Å². The number of hydrogen-bond acceptors (Lipinski definition) is 4. The van der Waals surface area contributed by atoms with Gasteiger partial charge in [-0.05, 0) is 12.1 Å². The summed E-state index contributed by atoms with van der Waals surface area (Å²) >= 11 is 1.44. The largest absolute Gasteiger partial charge is 0.375 e. The van der Waals surface area contributed by atoms with Gasteiger partial charge in [0.15, 0.2) is 5.13 Å². The van der Waals surface area contributed by atoms with Gasteiger partial charge >= 0.3 is 0 Å². The number of pyridine rings is 1. The molecule has 0 aliphatic heterocycles. The van der Waals surface area contributed by atoms with Crippen LogP contribution >= 0.6 is 11.3 Å². The molecule has 15 heavy (non-hydrogen) atoms. The summed E-state index contributed by atoms with van der Waals surface area (Å²) in [5.41, 5.74) is 8.56. The summed E-state index contributed by atoms with van der Waals surface area (Å²) in [6, 6.07) is 5.94. The Bertz CT molecular complexity index is 610. The van der Waals surface area contributed by atoms with Crippen molar-refractivity contribution in [3.05, 3.63) is 36.0 Å². The van der Waals surface area contributed by atoms with Gasteiger partial charge in [-0.15, -0.1) is 11.3 Å². The molecule has 0 atom stereocenters. The number of rotatable bonds is 1. The third-order valence-electron chi connectivity index (χ3n) is 2.22. The first-order chi connectivity index (χ1) is 7.34. The number of thiazole rings is 1. The van der Waals surface area contributed by atoms with Gasteiger partial charge in [0.05, 0.1) is 17.4 Å². The number of nitrogen functional groups attached to an aromatic ring is 1. The number of nitrogens with zero attached hydrogens (tertiary/aromatic N) is 3. The quantitative estimate of drug-likeness (QED) is 0.677. The molecular weight excluding hydrogens is 208 g/mol. The summed E-state index contributed by atoms with van der Waals surface area (Å²) in [7, 11) is 0. The monoisotopic (exact) mass is 216 g/mol. The highest BCUT2D eigenvalue weighted by molar-refractivity contribution is 7.13. The normalized spacial score (nSPS) is 10.9. The van der Waals surface area contributed by atoms with E-state index in [0.29, 0.717) is 5.13 Å². The van der Waals surface area contributed by atoms with Crippen LogP contribution in [0.1, 0.15) is 0 Å². The molecule has 74 valence electrons. The maximum absolute atomic E-state index is 5.61. The summed E-state index contributed by atoms with van der Waals surface area (Å²) < 4.78 is 1.82. The molecule has 0 radical (unpaired) electrons. The Morgan fingerprint density at radius 1 is 1.33 bits per heavy atom. The molecule has 2 N–H and O–H groups in total. The van der Waals surface area contributed by atoms with E-state index in [1.807, 2.05) is 40.5 Å². The van der Waals surface area contributed by atoms with Crippen LogP contribution in [-0.2, 0) is 0 Å². The molecule has 0 aliphatic rings. The van der Waals surface area contributed by atoms with Crippen LogP contribution < -0.4 is 5.73 Å². The highest BCUT2D eigenvalue weighted by atomic mass is 32.1. The van der Waals surface area contributed by atoms with Crippen LogP contribution in [0.3, 0.4) is 0 Å². The van der Waals surface area contributed by atoms with Crippen molar-refractivity contribution in [1.29, 1.82) is 0 Å². The molecule has 0 amide bonds. The van der Waals surface area contributed by atoms with Crippen LogP contribution in [0.4, 0.5) is 5.13 Å². The zero-order valence-corrected chi connectivity index (χ0v) is 8.61. The SMILES string of the molecule is Nc1nc(-c2cnn3ccccc23)cs1. The van der Waals surface area contributed by atoms with Gasteiger partial charge in [0.25, 0.3) is 0 Å². The van der Waals surface area contributed by atoms with Gasteiger partial charge in [-0.3, -0.25) is 0 Å². The molecule has 0 saturated carbocycles. The molecule has 3 aromatic heterocycles. The van der Waals surface area contributed by atoms with E-state index in [-0.39, 0.29) is 0 Å². The first kappa shape index (κ1) is 8.43. The third kappa shape index (κ3) is 1.28. The predicted molar refractivity (Wildman–Crippen MR) is 60.7 cm³/mol. The molecule has 0 aliphatic carbocycles. The highest BCUT2D eigenvalue weighted by Gasteiger charge is 2.08. The van der Waals surface area contributed by atoms with Crippen molar-refractivity contribution in [2.75, 3.05) is 5.73 Å². The molecule has 5 heteroatoms. The summed E-state index contributed by atoms with van der Waals surface area (Å²) in [5.74, 6) is 0. The van der Waals surface area contributed by atoms with Crippen molar-refractivity contribution in [3.8, 4) is 11.3 Å². The van der Waals surface area contributed by atoms with E-state index in [2.05, 4.69) is 10.1 Å². The summed E-state index contributed by atoms with van der Waals surface area (Å²) in [5, 5.41) is 6.77. The minimum atomic E-state index is 0.584. The van der Waals surface area contributed by atoms with Gasteiger partial charge in [0, 0.05) is 17.1 Å². The molecule has 0 saturated heterocycles. The Morgan fingerprint density at radius 2 is 2.27 bits per heavy atom. The zero-order valence-electron chi connectivity index (χ0n) is 7.79. The lowest BCUT2D eigenvalue weighted by Crippen LogP contribution is -1.84.